The maximum atomic E-state index is 12.6. The third-order valence-electron chi connectivity index (χ3n) is 4.52. The number of hydrogen-bond donors (Lipinski definition) is 3. The van der Waals surface area contributed by atoms with E-state index in [1.54, 1.807) is 60.7 Å². The minimum atomic E-state index is -0.419. The van der Waals surface area contributed by atoms with Crippen LogP contribution >= 0.6 is 15.9 Å². The van der Waals surface area contributed by atoms with Crippen molar-refractivity contribution in [2.45, 2.75) is 12.8 Å². The smallest absolute Gasteiger partial charge is 0.291 e. The van der Waals surface area contributed by atoms with Gasteiger partial charge in [0.25, 0.3) is 11.8 Å². The van der Waals surface area contributed by atoms with Gasteiger partial charge in [0.05, 0.1) is 0 Å². The lowest BCUT2D eigenvalue weighted by molar-refractivity contribution is -0.117. The first kappa shape index (κ1) is 19.9. The number of furan rings is 1. The molecule has 7 nitrogen and oxygen atoms in total. The number of carbonyl (C=O) groups excluding carboxylic acids is 3. The predicted molar refractivity (Wildman–Crippen MR) is 117 cm³/mol. The third-order valence-corrected chi connectivity index (χ3v) is 4.94. The Morgan fingerprint density at radius 3 is 2.10 bits per heavy atom. The van der Waals surface area contributed by atoms with Crippen molar-refractivity contribution in [2.24, 2.45) is 5.92 Å². The number of benzene rings is 2. The molecule has 1 saturated carbocycles. The summed E-state index contributed by atoms with van der Waals surface area (Å²) in [4.78, 5) is 36.8. The summed E-state index contributed by atoms with van der Waals surface area (Å²) < 4.78 is 5.68. The van der Waals surface area contributed by atoms with Gasteiger partial charge < -0.3 is 20.4 Å². The average molecular weight is 468 g/mol. The lowest BCUT2D eigenvalue weighted by Crippen LogP contribution is -2.15. The molecule has 30 heavy (non-hydrogen) atoms. The molecule has 0 unspecified atom stereocenters. The fourth-order valence-corrected chi connectivity index (χ4v) is 3.14. The van der Waals surface area contributed by atoms with E-state index in [0.29, 0.717) is 27.3 Å². The topological polar surface area (TPSA) is 100 Å². The summed E-state index contributed by atoms with van der Waals surface area (Å²) >= 11 is 3.15. The first-order valence-corrected chi connectivity index (χ1v) is 10.2. The van der Waals surface area contributed by atoms with Crippen LogP contribution in [0, 0.1) is 5.92 Å². The van der Waals surface area contributed by atoms with Crippen LogP contribution in [-0.4, -0.2) is 17.7 Å². The van der Waals surface area contributed by atoms with Crippen molar-refractivity contribution in [1.82, 2.24) is 0 Å². The zero-order chi connectivity index (χ0) is 21.1. The molecule has 4 rings (SSSR count). The Kier molecular flexibility index (Phi) is 5.67. The largest absolute Gasteiger partial charge is 0.444 e. The molecule has 2 aromatic carbocycles. The average Bonchev–Trinajstić information content (AvgIpc) is 3.49. The van der Waals surface area contributed by atoms with Gasteiger partial charge in [-0.15, -0.1) is 0 Å². The fraction of sp³-hybridized carbons (Fsp3) is 0.136. The van der Waals surface area contributed by atoms with Gasteiger partial charge in [-0.1, -0.05) is 12.1 Å². The van der Waals surface area contributed by atoms with Gasteiger partial charge in [-0.25, -0.2) is 0 Å². The fourth-order valence-electron chi connectivity index (χ4n) is 2.84. The zero-order valence-corrected chi connectivity index (χ0v) is 17.4. The molecule has 3 N–H and O–H groups in total. The van der Waals surface area contributed by atoms with E-state index < -0.39 is 5.91 Å². The van der Waals surface area contributed by atoms with Crippen LogP contribution in [0.2, 0.25) is 0 Å². The standard InChI is InChI=1S/C22H18BrN3O4/c23-19-10-9-18(30-19)22(29)26-15-4-1-3-14(11-15)21(28)25-17-6-2-5-16(12-17)24-20(27)13-7-8-13/h1-6,9-13H,7-8H2,(H,24,27)(H,25,28)(H,26,29). The van der Waals surface area contributed by atoms with Gasteiger partial charge in [0, 0.05) is 28.5 Å². The van der Waals surface area contributed by atoms with Gasteiger partial charge in [-0.3, -0.25) is 14.4 Å². The second-order valence-corrected chi connectivity index (χ2v) is 7.72. The summed E-state index contributed by atoms with van der Waals surface area (Å²) in [5.41, 5.74) is 2.03. The molecule has 1 heterocycles. The van der Waals surface area contributed by atoms with E-state index in [1.165, 1.54) is 0 Å². The molecule has 1 aromatic heterocycles. The molecule has 1 aliphatic rings. The summed E-state index contributed by atoms with van der Waals surface area (Å²) in [5.74, 6) is -0.495. The number of rotatable bonds is 6. The minimum Gasteiger partial charge on any atom is -0.444 e. The van der Waals surface area contributed by atoms with Crippen LogP contribution in [-0.2, 0) is 4.79 Å². The predicted octanol–water partition coefficient (Wildman–Crippen LogP) is 4.90. The van der Waals surface area contributed by atoms with Crippen LogP contribution in [0.25, 0.3) is 0 Å². The Morgan fingerprint density at radius 1 is 0.800 bits per heavy atom. The van der Waals surface area contributed by atoms with Gasteiger partial charge >= 0.3 is 0 Å². The SMILES string of the molecule is O=C(Nc1cccc(NC(=O)C2CC2)c1)c1cccc(NC(=O)c2ccc(Br)o2)c1. The summed E-state index contributed by atoms with van der Waals surface area (Å²) in [6.45, 7) is 0. The summed E-state index contributed by atoms with van der Waals surface area (Å²) in [6.07, 6.45) is 1.85. The number of nitrogens with one attached hydrogen (secondary N) is 3. The van der Waals surface area contributed by atoms with E-state index in [0.717, 1.165) is 12.8 Å². The van der Waals surface area contributed by atoms with Gasteiger partial charge in [0.15, 0.2) is 10.4 Å². The van der Waals surface area contributed by atoms with Crippen molar-refractivity contribution in [2.75, 3.05) is 16.0 Å². The van der Waals surface area contributed by atoms with Crippen molar-refractivity contribution < 1.29 is 18.8 Å². The van der Waals surface area contributed by atoms with E-state index in [1.807, 2.05) is 0 Å². The first-order chi connectivity index (χ1) is 14.5. The van der Waals surface area contributed by atoms with E-state index in [4.69, 9.17) is 4.42 Å². The van der Waals surface area contributed by atoms with Crippen LogP contribution in [0.5, 0.6) is 0 Å². The molecule has 1 fully saturated rings. The molecule has 1 aliphatic carbocycles. The summed E-state index contributed by atoms with van der Waals surface area (Å²) in [5, 5.41) is 8.36. The van der Waals surface area contributed by atoms with Crippen LogP contribution in [0.1, 0.15) is 33.8 Å². The number of halogens is 1. The van der Waals surface area contributed by atoms with Crippen LogP contribution in [0.3, 0.4) is 0 Å². The van der Waals surface area contributed by atoms with Gasteiger partial charge in [-0.05, 0) is 77.3 Å². The minimum absolute atomic E-state index is 0.00510. The molecule has 3 aromatic rings. The Balaban J connectivity index is 1.41. The maximum Gasteiger partial charge on any atom is 0.291 e. The summed E-state index contributed by atoms with van der Waals surface area (Å²) in [7, 11) is 0. The van der Waals surface area contributed by atoms with Gasteiger partial charge in [0.1, 0.15) is 0 Å². The molecule has 3 amide bonds. The normalized spacial score (nSPS) is 12.8. The van der Waals surface area contributed by atoms with Crippen molar-refractivity contribution in [3.05, 3.63) is 76.7 Å². The summed E-state index contributed by atoms with van der Waals surface area (Å²) in [6, 6.07) is 16.7. The van der Waals surface area contributed by atoms with E-state index >= 15 is 0 Å². The molecule has 0 bridgehead atoms. The second-order valence-electron chi connectivity index (χ2n) is 6.94. The highest BCUT2D eigenvalue weighted by Gasteiger charge is 2.29. The lowest BCUT2D eigenvalue weighted by Gasteiger charge is -2.10. The van der Waals surface area contributed by atoms with Crippen LogP contribution in [0.4, 0.5) is 17.1 Å². The van der Waals surface area contributed by atoms with Crippen LogP contribution in [0.15, 0.2) is 69.8 Å². The Morgan fingerprint density at radius 2 is 1.43 bits per heavy atom. The van der Waals surface area contributed by atoms with Crippen molar-refractivity contribution in [3.63, 3.8) is 0 Å². The zero-order valence-electron chi connectivity index (χ0n) is 15.8. The number of hydrogen-bond acceptors (Lipinski definition) is 4. The molecule has 0 radical (unpaired) electrons. The molecule has 0 atom stereocenters. The molecule has 0 spiro atoms. The Labute approximate surface area is 181 Å². The van der Waals surface area contributed by atoms with Crippen molar-refractivity contribution in [3.8, 4) is 0 Å². The van der Waals surface area contributed by atoms with E-state index in [-0.39, 0.29) is 23.5 Å². The van der Waals surface area contributed by atoms with Crippen molar-refractivity contribution >= 4 is 50.7 Å². The first-order valence-electron chi connectivity index (χ1n) is 9.37. The maximum absolute atomic E-state index is 12.6. The van der Waals surface area contributed by atoms with E-state index in [2.05, 4.69) is 31.9 Å². The molecule has 0 saturated heterocycles. The highest BCUT2D eigenvalue weighted by molar-refractivity contribution is 9.10. The van der Waals surface area contributed by atoms with Gasteiger partial charge in [0.2, 0.25) is 5.91 Å². The second kappa shape index (κ2) is 8.54. The Bertz CT molecular complexity index is 1120. The van der Waals surface area contributed by atoms with E-state index in [9.17, 15) is 14.4 Å². The molecular weight excluding hydrogens is 450 g/mol. The monoisotopic (exact) mass is 467 g/mol. The number of anilines is 3. The Hall–Kier alpha value is -3.39. The molecular formula is C22H18BrN3O4. The highest BCUT2D eigenvalue weighted by Crippen LogP contribution is 2.30. The van der Waals surface area contributed by atoms with Crippen molar-refractivity contribution in [1.29, 1.82) is 0 Å². The number of amides is 3. The molecule has 0 aliphatic heterocycles. The van der Waals surface area contributed by atoms with Crippen LogP contribution < -0.4 is 16.0 Å². The van der Waals surface area contributed by atoms with Gasteiger partial charge in [-0.2, -0.15) is 0 Å². The number of carbonyl (C=O) groups is 3. The third kappa shape index (κ3) is 4.96. The highest BCUT2D eigenvalue weighted by atomic mass is 79.9. The quantitative estimate of drug-likeness (QED) is 0.479. The molecule has 8 heteroatoms. The lowest BCUT2D eigenvalue weighted by atomic mass is 10.1. The molecule has 152 valence electrons.